The Morgan fingerprint density at radius 3 is 2.84 bits per heavy atom. The number of aliphatic hydroxyl groups excluding tert-OH is 1. The first kappa shape index (κ1) is 16.2. The van der Waals surface area contributed by atoms with Crippen molar-refractivity contribution >= 4 is 10.9 Å². The fraction of sp³-hybridized carbons (Fsp3) is 0.364. The van der Waals surface area contributed by atoms with E-state index in [4.69, 9.17) is 0 Å². The number of aryl methyl sites for hydroxylation is 1. The minimum Gasteiger partial charge on any atom is -0.388 e. The van der Waals surface area contributed by atoms with E-state index in [1.807, 2.05) is 24.4 Å². The van der Waals surface area contributed by atoms with Crippen molar-refractivity contribution in [1.82, 2.24) is 4.98 Å². The van der Waals surface area contributed by atoms with E-state index >= 15 is 0 Å². The molecule has 3 nitrogen and oxygen atoms in total. The molecule has 1 aliphatic carbocycles. The van der Waals surface area contributed by atoms with E-state index in [2.05, 4.69) is 53.1 Å². The summed E-state index contributed by atoms with van der Waals surface area (Å²) in [5.74, 6) is 0.814. The molecule has 0 amide bonds. The Bertz CT molecular complexity index is 862. The number of aromatic nitrogens is 2. The Morgan fingerprint density at radius 2 is 2.00 bits per heavy atom. The summed E-state index contributed by atoms with van der Waals surface area (Å²) in [6.45, 7) is 3.07. The van der Waals surface area contributed by atoms with Gasteiger partial charge in [-0.25, -0.2) is 4.57 Å². The van der Waals surface area contributed by atoms with Crippen molar-refractivity contribution in [3.8, 4) is 0 Å². The van der Waals surface area contributed by atoms with Crippen LogP contribution in [0.5, 0.6) is 0 Å². The van der Waals surface area contributed by atoms with Gasteiger partial charge in [0.1, 0.15) is 0 Å². The molecular formula is C22H25N2O+. The van der Waals surface area contributed by atoms with Gasteiger partial charge in [-0.05, 0) is 49.4 Å². The Balaban J connectivity index is 1.63. The number of hydrogen-bond acceptors (Lipinski definition) is 2. The summed E-state index contributed by atoms with van der Waals surface area (Å²) in [7, 11) is 0. The molecule has 0 radical (unpaired) electrons. The summed E-state index contributed by atoms with van der Waals surface area (Å²) in [5, 5.41) is 12.3. The van der Waals surface area contributed by atoms with Crippen LogP contribution in [0.15, 0.2) is 61.1 Å². The molecule has 0 spiro atoms. The quantitative estimate of drug-likeness (QED) is 0.733. The summed E-state index contributed by atoms with van der Waals surface area (Å²) in [4.78, 5) is 4.46. The molecule has 0 saturated heterocycles. The van der Waals surface area contributed by atoms with Gasteiger partial charge in [0.15, 0.2) is 18.9 Å². The van der Waals surface area contributed by atoms with Crippen LogP contribution in [0.3, 0.4) is 0 Å². The van der Waals surface area contributed by atoms with Crippen LogP contribution in [0.4, 0.5) is 0 Å². The van der Waals surface area contributed by atoms with Crippen LogP contribution >= 0.6 is 0 Å². The van der Waals surface area contributed by atoms with Gasteiger partial charge in [0.25, 0.3) is 0 Å². The van der Waals surface area contributed by atoms with Gasteiger partial charge in [-0.3, -0.25) is 4.98 Å². The molecule has 1 aromatic carbocycles. The maximum absolute atomic E-state index is 11.2. The van der Waals surface area contributed by atoms with Crippen molar-refractivity contribution < 1.29 is 9.67 Å². The lowest BCUT2D eigenvalue weighted by Gasteiger charge is -2.24. The molecule has 3 aromatic rings. The molecule has 128 valence electrons. The first-order valence-electron chi connectivity index (χ1n) is 9.20. The average Bonchev–Trinajstić information content (AvgIpc) is 3.09. The molecular weight excluding hydrogens is 308 g/mol. The smallest absolute Gasteiger partial charge is 0.168 e. The zero-order chi connectivity index (χ0) is 17.2. The standard InChI is InChI=1S/C22H25N2O/c1-16-8-9-21-20(14-16)19(10-11-23-21)22(25)18-7-5-6-17(18)15-24-12-3-2-4-13-24/h2-4,8-14,17-18,22,25H,5-7,15H2,1H3/q+1. The van der Waals surface area contributed by atoms with Crippen molar-refractivity contribution in [2.45, 2.75) is 38.8 Å². The van der Waals surface area contributed by atoms with E-state index < -0.39 is 6.10 Å². The minimum atomic E-state index is -0.427. The number of hydrogen-bond donors (Lipinski definition) is 1. The Morgan fingerprint density at radius 1 is 1.16 bits per heavy atom. The third-order valence-corrected chi connectivity index (χ3v) is 5.60. The maximum atomic E-state index is 11.2. The third kappa shape index (κ3) is 3.29. The summed E-state index contributed by atoms with van der Waals surface area (Å²) in [6, 6.07) is 14.5. The Kier molecular flexibility index (Phi) is 4.50. The van der Waals surface area contributed by atoms with Crippen molar-refractivity contribution in [2.24, 2.45) is 11.8 Å². The Hall–Kier alpha value is -2.26. The molecule has 0 aliphatic heterocycles. The molecule has 4 rings (SSSR count). The third-order valence-electron chi connectivity index (χ3n) is 5.60. The van der Waals surface area contributed by atoms with Gasteiger partial charge in [-0.15, -0.1) is 0 Å². The predicted molar refractivity (Wildman–Crippen MR) is 98.9 cm³/mol. The first-order valence-corrected chi connectivity index (χ1v) is 9.20. The zero-order valence-electron chi connectivity index (χ0n) is 14.7. The number of aliphatic hydroxyl groups is 1. The number of fused-ring (bicyclic) bond motifs is 1. The zero-order valence-corrected chi connectivity index (χ0v) is 14.7. The highest BCUT2D eigenvalue weighted by Gasteiger charge is 2.36. The second-order valence-corrected chi connectivity index (χ2v) is 7.29. The highest BCUT2D eigenvalue weighted by atomic mass is 16.3. The number of benzene rings is 1. The molecule has 3 unspecified atom stereocenters. The van der Waals surface area contributed by atoms with Crippen molar-refractivity contribution in [3.05, 3.63) is 72.2 Å². The lowest BCUT2D eigenvalue weighted by molar-refractivity contribution is -0.704. The molecule has 25 heavy (non-hydrogen) atoms. The average molecular weight is 333 g/mol. The largest absolute Gasteiger partial charge is 0.388 e. The molecule has 1 fully saturated rings. The van der Waals surface area contributed by atoms with E-state index in [1.54, 1.807) is 0 Å². The van der Waals surface area contributed by atoms with Crippen LogP contribution in [0.2, 0.25) is 0 Å². The second-order valence-electron chi connectivity index (χ2n) is 7.29. The monoisotopic (exact) mass is 333 g/mol. The van der Waals surface area contributed by atoms with E-state index in [0.717, 1.165) is 29.4 Å². The van der Waals surface area contributed by atoms with Gasteiger partial charge in [0.05, 0.1) is 11.6 Å². The van der Waals surface area contributed by atoms with Gasteiger partial charge >= 0.3 is 0 Å². The molecule has 3 heteroatoms. The van der Waals surface area contributed by atoms with Gasteiger partial charge in [0.2, 0.25) is 0 Å². The molecule has 1 aliphatic rings. The van der Waals surface area contributed by atoms with Crippen LogP contribution in [0.25, 0.3) is 10.9 Å². The summed E-state index contributed by atoms with van der Waals surface area (Å²) in [6.07, 6.45) is 9.11. The van der Waals surface area contributed by atoms with E-state index in [9.17, 15) is 5.11 Å². The number of rotatable bonds is 4. The van der Waals surface area contributed by atoms with Gasteiger partial charge in [0, 0.05) is 29.6 Å². The van der Waals surface area contributed by atoms with Crippen molar-refractivity contribution in [2.75, 3.05) is 0 Å². The number of nitrogens with zero attached hydrogens (tertiary/aromatic N) is 2. The Labute approximate surface area is 149 Å². The first-order chi connectivity index (χ1) is 12.2. The molecule has 0 bridgehead atoms. The fourth-order valence-electron chi connectivity index (χ4n) is 4.30. The van der Waals surface area contributed by atoms with Gasteiger partial charge in [-0.1, -0.05) is 24.1 Å². The van der Waals surface area contributed by atoms with Crippen LogP contribution in [-0.2, 0) is 6.54 Å². The summed E-state index contributed by atoms with van der Waals surface area (Å²) < 4.78 is 2.24. The van der Waals surface area contributed by atoms with Crippen molar-refractivity contribution in [1.29, 1.82) is 0 Å². The SMILES string of the molecule is Cc1ccc2nccc(C(O)C3CCCC3C[n+]3ccccc3)c2c1. The van der Waals surface area contributed by atoms with E-state index in [0.29, 0.717) is 11.8 Å². The second kappa shape index (κ2) is 6.93. The molecule has 1 N–H and O–H groups in total. The van der Waals surface area contributed by atoms with Gasteiger partial charge < -0.3 is 5.11 Å². The summed E-state index contributed by atoms with van der Waals surface area (Å²) >= 11 is 0. The highest BCUT2D eigenvalue weighted by molar-refractivity contribution is 5.83. The molecule has 3 atom stereocenters. The summed E-state index contributed by atoms with van der Waals surface area (Å²) in [5.41, 5.74) is 3.20. The van der Waals surface area contributed by atoms with Gasteiger partial charge in [-0.2, -0.15) is 0 Å². The lowest BCUT2D eigenvalue weighted by Crippen LogP contribution is -2.38. The van der Waals surface area contributed by atoms with Crippen LogP contribution < -0.4 is 4.57 Å². The maximum Gasteiger partial charge on any atom is 0.168 e. The highest BCUT2D eigenvalue weighted by Crippen LogP contribution is 2.42. The van der Waals surface area contributed by atoms with E-state index in [-0.39, 0.29) is 0 Å². The predicted octanol–water partition coefficient (Wildman–Crippen LogP) is 3.98. The molecule has 2 heterocycles. The van der Waals surface area contributed by atoms with Crippen LogP contribution in [0.1, 0.15) is 36.5 Å². The van der Waals surface area contributed by atoms with Crippen LogP contribution in [-0.4, -0.2) is 10.1 Å². The van der Waals surface area contributed by atoms with E-state index in [1.165, 1.54) is 18.4 Å². The van der Waals surface area contributed by atoms with Crippen LogP contribution in [0, 0.1) is 18.8 Å². The fourth-order valence-corrected chi connectivity index (χ4v) is 4.30. The molecule has 1 saturated carbocycles. The number of pyridine rings is 2. The topological polar surface area (TPSA) is 37.0 Å². The lowest BCUT2D eigenvalue weighted by atomic mass is 9.85. The normalized spacial score (nSPS) is 21.5. The molecule has 2 aromatic heterocycles. The van der Waals surface area contributed by atoms with Crippen molar-refractivity contribution in [3.63, 3.8) is 0 Å². The minimum absolute atomic E-state index is 0.304.